The third-order valence-corrected chi connectivity index (χ3v) is 8.81. The monoisotopic (exact) mass is 648 g/mol. The molecule has 1 fully saturated rings. The molecule has 2 heterocycles. The summed E-state index contributed by atoms with van der Waals surface area (Å²) in [4.78, 5) is 29.7. The van der Waals surface area contributed by atoms with Crippen molar-refractivity contribution in [3.8, 4) is 0 Å². The summed E-state index contributed by atoms with van der Waals surface area (Å²) in [5.74, 6) is -0.498. The van der Waals surface area contributed by atoms with Crippen LogP contribution in [0.25, 0.3) is 11.0 Å². The number of amides is 2. The van der Waals surface area contributed by atoms with Gasteiger partial charge in [-0.05, 0) is 34.4 Å². The maximum absolute atomic E-state index is 12.8. The zero-order chi connectivity index (χ0) is 33.5. The number of para-hydroxylation sites is 2. The first-order valence-electron chi connectivity index (χ1n) is 16.1. The summed E-state index contributed by atoms with van der Waals surface area (Å²) in [5, 5.41) is 15.1. The van der Waals surface area contributed by atoms with E-state index in [1.807, 2.05) is 103 Å². The van der Waals surface area contributed by atoms with E-state index in [4.69, 9.17) is 14.2 Å². The molecule has 0 aliphatic carbocycles. The SMILES string of the molecule is COC(=O)[C@H](Cc1ccccc1)NC(=O)NCc1ccc([C@@H]2O[C@H](Cn3cnc4ccccc43)[C@H](C)[C@H](c3ccc(CO)cc3)O2)cc1. The van der Waals surface area contributed by atoms with Gasteiger partial charge in [0.25, 0.3) is 0 Å². The molecule has 0 spiro atoms. The van der Waals surface area contributed by atoms with Crippen LogP contribution in [0.15, 0.2) is 109 Å². The molecule has 1 aliphatic heterocycles. The number of nitrogens with zero attached hydrogens (tertiary/aromatic N) is 2. The second-order valence-corrected chi connectivity index (χ2v) is 12.0. The molecule has 48 heavy (non-hydrogen) atoms. The Morgan fingerprint density at radius 1 is 0.875 bits per heavy atom. The van der Waals surface area contributed by atoms with E-state index in [0.29, 0.717) is 13.0 Å². The zero-order valence-electron chi connectivity index (χ0n) is 27.0. The van der Waals surface area contributed by atoms with Gasteiger partial charge >= 0.3 is 12.0 Å². The number of fused-ring (bicyclic) bond motifs is 1. The smallest absolute Gasteiger partial charge is 0.328 e. The Morgan fingerprint density at radius 2 is 1.56 bits per heavy atom. The van der Waals surface area contributed by atoms with Crippen LogP contribution in [0.3, 0.4) is 0 Å². The molecule has 0 unspecified atom stereocenters. The Morgan fingerprint density at radius 3 is 2.29 bits per heavy atom. The van der Waals surface area contributed by atoms with Crippen LogP contribution in [0, 0.1) is 5.92 Å². The molecular formula is C38H40N4O6. The second-order valence-electron chi connectivity index (χ2n) is 12.0. The van der Waals surface area contributed by atoms with Gasteiger partial charge in [0.05, 0.1) is 49.8 Å². The molecule has 10 nitrogen and oxygen atoms in total. The predicted octanol–water partition coefficient (Wildman–Crippen LogP) is 5.60. The average Bonchev–Trinajstić information content (AvgIpc) is 3.54. The third-order valence-electron chi connectivity index (χ3n) is 8.81. The molecule has 10 heteroatoms. The quantitative estimate of drug-likeness (QED) is 0.159. The summed E-state index contributed by atoms with van der Waals surface area (Å²) in [7, 11) is 1.30. The van der Waals surface area contributed by atoms with E-state index < -0.39 is 24.3 Å². The molecule has 0 saturated carbocycles. The van der Waals surface area contributed by atoms with Crippen molar-refractivity contribution in [2.24, 2.45) is 5.92 Å². The van der Waals surface area contributed by atoms with Crippen molar-refractivity contribution in [3.05, 3.63) is 137 Å². The van der Waals surface area contributed by atoms with Gasteiger partial charge in [0.15, 0.2) is 6.29 Å². The van der Waals surface area contributed by atoms with Gasteiger partial charge in [-0.2, -0.15) is 0 Å². The average molecular weight is 649 g/mol. The first kappa shape index (κ1) is 32.9. The minimum absolute atomic E-state index is 0.0140. The number of aromatic nitrogens is 2. The van der Waals surface area contributed by atoms with Gasteiger partial charge in [-0.3, -0.25) is 0 Å². The highest BCUT2D eigenvalue weighted by Gasteiger charge is 2.38. The number of esters is 1. The van der Waals surface area contributed by atoms with Gasteiger partial charge in [-0.15, -0.1) is 0 Å². The standard InChI is InChI=1S/C38H40N4O6/c1-25-34(22-42-24-40-31-10-6-7-11-33(31)42)47-37(48-35(25)29-16-14-28(23-43)15-17-29)30-18-12-27(13-19-30)21-39-38(45)41-32(36(44)46-2)20-26-8-4-3-5-9-26/h3-19,24-25,32,34-35,37,43H,20-23H2,1-2H3,(H2,39,41,45)/t25-,32-,34+,35+,37+/m0/s1. The number of carbonyl (C=O) groups excluding carboxylic acids is 2. The number of imidazole rings is 1. The molecule has 248 valence electrons. The molecule has 1 aliphatic rings. The molecule has 5 atom stereocenters. The number of rotatable bonds is 11. The number of ether oxygens (including phenoxy) is 3. The summed E-state index contributed by atoms with van der Waals surface area (Å²) < 4.78 is 20.3. The van der Waals surface area contributed by atoms with Gasteiger partial charge in [0.1, 0.15) is 6.04 Å². The number of carbonyl (C=O) groups is 2. The lowest BCUT2D eigenvalue weighted by Crippen LogP contribution is -2.47. The number of hydrogen-bond donors (Lipinski definition) is 3. The van der Waals surface area contributed by atoms with E-state index in [1.165, 1.54) is 7.11 Å². The van der Waals surface area contributed by atoms with Crippen LogP contribution < -0.4 is 10.6 Å². The molecule has 1 aromatic heterocycles. The Balaban J connectivity index is 1.14. The van der Waals surface area contributed by atoms with Crippen LogP contribution in [0.2, 0.25) is 0 Å². The Labute approximate surface area is 279 Å². The highest BCUT2D eigenvalue weighted by Crippen LogP contribution is 2.42. The maximum Gasteiger partial charge on any atom is 0.328 e. The van der Waals surface area contributed by atoms with Crippen LogP contribution in [0.1, 0.15) is 47.1 Å². The van der Waals surface area contributed by atoms with Gasteiger partial charge in [-0.25, -0.2) is 14.6 Å². The number of nitrogens with one attached hydrogen (secondary N) is 2. The van der Waals surface area contributed by atoms with Crippen LogP contribution in [-0.4, -0.2) is 45.9 Å². The number of methoxy groups -OCH3 is 1. The molecule has 5 aromatic rings. The lowest BCUT2D eigenvalue weighted by molar-refractivity contribution is -0.276. The summed E-state index contributed by atoms with van der Waals surface area (Å²) in [6.45, 7) is 2.96. The molecule has 4 aromatic carbocycles. The molecular weight excluding hydrogens is 608 g/mol. The fraction of sp³-hybridized carbons (Fsp3) is 0.289. The first-order chi connectivity index (χ1) is 23.4. The van der Waals surface area contributed by atoms with Crippen molar-refractivity contribution < 1.29 is 28.9 Å². The number of urea groups is 1. The fourth-order valence-electron chi connectivity index (χ4n) is 6.05. The molecule has 1 saturated heterocycles. The van der Waals surface area contributed by atoms with E-state index in [-0.39, 0.29) is 31.3 Å². The van der Waals surface area contributed by atoms with E-state index in [9.17, 15) is 14.7 Å². The van der Waals surface area contributed by atoms with Gasteiger partial charge in [0.2, 0.25) is 0 Å². The van der Waals surface area contributed by atoms with Crippen LogP contribution in [0.4, 0.5) is 4.79 Å². The maximum atomic E-state index is 12.8. The largest absolute Gasteiger partial charge is 0.467 e. The van der Waals surface area contributed by atoms with Crippen LogP contribution in [0.5, 0.6) is 0 Å². The number of aliphatic hydroxyl groups is 1. The van der Waals surface area contributed by atoms with Gasteiger partial charge in [0, 0.05) is 24.4 Å². The van der Waals surface area contributed by atoms with Crippen molar-refractivity contribution in [1.29, 1.82) is 0 Å². The predicted molar refractivity (Wildman–Crippen MR) is 180 cm³/mol. The zero-order valence-corrected chi connectivity index (χ0v) is 27.0. The summed E-state index contributed by atoms with van der Waals surface area (Å²) in [6, 6.07) is 31.8. The normalized spacial score (nSPS) is 19.8. The van der Waals surface area contributed by atoms with E-state index >= 15 is 0 Å². The first-order valence-corrected chi connectivity index (χ1v) is 16.1. The van der Waals surface area contributed by atoms with Crippen molar-refractivity contribution in [2.45, 2.75) is 57.6 Å². The summed E-state index contributed by atoms with van der Waals surface area (Å²) >= 11 is 0. The number of aliphatic hydroxyl groups excluding tert-OH is 1. The highest BCUT2D eigenvalue weighted by molar-refractivity contribution is 5.83. The third kappa shape index (κ3) is 7.74. The van der Waals surface area contributed by atoms with Crippen molar-refractivity contribution >= 4 is 23.0 Å². The highest BCUT2D eigenvalue weighted by atomic mass is 16.7. The van der Waals surface area contributed by atoms with Crippen molar-refractivity contribution in [1.82, 2.24) is 20.2 Å². The van der Waals surface area contributed by atoms with Gasteiger partial charge < -0.3 is 34.5 Å². The number of hydrogen-bond acceptors (Lipinski definition) is 7. The lowest BCUT2D eigenvalue weighted by Gasteiger charge is -2.41. The van der Waals surface area contributed by atoms with Gasteiger partial charge in [-0.1, -0.05) is 97.9 Å². The second kappa shape index (κ2) is 15.2. The summed E-state index contributed by atoms with van der Waals surface area (Å²) in [6.07, 6.45) is 1.10. The Hall–Kier alpha value is -5.03. The minimum Gasteiger partial charge on any atom is -0.467 e. The van der Waals surface area contributed by atoms with Crippen molar-refractivity contribution in [2.75, 3.05) is 7.11 Å². The molecule has 3 N–H and O–H groups in total. The Bertz CT molecular complexity index is 1810. The van der Waals surface area contributed by atoms with E-state index in [1.54, 1.807) is 0 Å². The van der Waals surface area contributed by atoms with E-state index in [0.717, 1.165) is 38.9 Å². The summed E-state index contributed by atoms with van der Waals surface area (Å²) in [5.41, 5.74) is 6.45. The molecule has 2 amide bonds. The topological polar surface area (TPSA) is 124 Å². The Kier molecular flexibility index (Phi) is 10.4. The van der Waals surface area contributed by atoms with Crippen LogP contribution in [-0.2, 0) is 45.1 Å². The molecule has 0 bridgehead atoms. The number of benzene rings is 4. The lowest BCUT2D eigenvalue weighted by atomic mass is 9.90. The van der Waals surface area contributed by atoms with E-state index in [2.05, 4.69) is 33.2 Å². The molecule has 6 rings (SSSR count). The van der Waals surface area contributed by atoms with Crippen LogP contribution >= 0.6 is 0 Å². The molecule has 0 radical (unpaired) electrons. The fourth-order valence-corrected chi connectivity index (χ4v) is 6.05. The van der Waals surface area contributed by atoms with Crippen molar-refractivity contribution in [3.63, 3.8) is 0 Å². The minimum atomic E-state index is -0.816.